The number of ether oxygens (including phenoxy) is 1. The maximum Gasteiger partial charge on any atom is 0.329 e. The second-order valence-corrected chi connectivity index (χ2v) is 8.86. The summed E-state index contributed by atoms with van der Waals surface area (Å²) in [5.41, 5.74) is 0.865. The van der Waals surface area contributed by atoms with Crippen LogP contribution in [-0.4, -0.2) is 50.1 Å². The van der Waals surface area contributed by atoms with Crippen molar-refractivity contribution in [2.24, 2.45) is 0 Å². The van der Waals surface area contributed by atoms with Crippen LogP contribution in [0.3, 0.4) is 0 Å². The summed E-state index contributed by atoms with van der Waals surface area (Å²) in [7, 11) is -1.81. The van der Waals surface area contributed by atoms with Gasteiger partial charge in [0.25, 0.3) is 5.69 Å². The summed E-state index contributed by atoms with van der Waals surface area (Å²) in [5, 5.41) is 10.9. The van der Waals surface area contributed by atoms with Gasteiger partial charge in [-0.3, -0.25) is 19.9 Å². The molecule has 0 saturated carbocycles. The van der Waals surface area contributed by atoms with Crippen LogP contribution >= 0.6 is 0 Å². The highest BCUT2D eigenvalue weighted by Crippen LogP contribution is 2.39. The Bertz CT molecular complexity index is 1050. The molecule has 0 aromatic heterocycles. The Morgan fingerprint density at radius 3 is 2.21 bits per heavy atom. The molecule has 28 heavy (non-hydrogen) atoms. The summed E-state index contributed by atoms with van der Waals surface area (Å²) in [6.07, 6.45) is 0. The number of nitrogens with zero attached hydrogens (tertiary/aromatic N) is 3. The van der Waals surface area contributed by atoms with Crippen LogP contribution in [0.25, 0.3) is 0 Å². The van der Waals surface area contributed by atoms with Crippen molar-refractivity contribution in [1.29, 1.82) is 0 Å². The number of non-ortho nitro benzene ring substituents is 1. The van der Waals surface area contributed by atoms with Gasteiger partial charge in [-0.15, -0.1) is 0 Å². The highest BCUT2D eigenvalue weighted by molar-refractivity contribution is 7.91. The van der Waals surface area contributed by atoms with Gasteiger partial charge in [0.15, 0.2) is 9.84 Å². The molecule has 2 aliphatic rings. The fourth-order valence-corrected chi connectivity index (χ4v) is 5.72. The van der Waals surface area contributed by atoms with Crippen molar-refractivity contribution < 1.29 is 22.9 Å². The zero-order valence-electron chi connectivity index (χ0n) is 14.9. The Morgan fingerprint density at radius 1 is 1.04 bits per heavy atom. The SMILES string of the molecule is COc1cccc(N2C(=O)N(c3ccc([N+](=O)[O-])cc3)[C@@H]3CS(=O)(=O)C[C@@H]32)c1. The molecule has 2 amide bonds. The van der Waals surface area contributed by atoms with Crippen molar-refractivity contribution in [1.82, 2.24) is 0 Å². The van der Waals surface area contributed by atoms with Crippen LogP contribution in [0.5, 0.6) is 5.75 Å². The third-order valence-electron chi connectivity index (χ3n) is 5.04. The van der Waals surface area contributed by atoms with E-state index in [1.54, 1.807) is 24.3 Å². The van der Waals surface area contributed by atoms with Gasteiger partial charge < -0.3 is 4.74 Å². The quantitative estimate of drug-likeness (QED) is 0.440. The van der Waals surface area contributed by atoms with E-state index in [4.69, 9.17) is 4.74 Å². The fraction of sp³-hybridized carbons (Fsp3) is 0.278. The van der Waals surface area contributed by atoms with E-state index in [2.05, 4.69) is 0 Å². The molecule has 0 aliphatic carbocycles. The molecule has 2 aromatic carbocycles. The number of hydrogen-bond acceptors (Lipinski definition) is 6. The van der Waals surface area contributed by atoms with Gasteiger partial charge >= 0.3 is 6.03 Å². The van der Waals surface area contributed by atoms with Crippen molar-refractivity contribution in [3.63, 3.8) is 0 Å². The van der Waals surface area contributed by atoms with E-state index >= 15 is 0 Å². The lowest BCUT2D eigenvalue weighted by molar-refractivity contribution is -0.384. The van der Waals surface area contributed by atoms with Gasteiger partial charge in [-0.2, -0.15) is 0 Å². The first-order chi connectivity index (χ1) is 13.3. The molecule has 0 spiro atoms. The number of sulfone groups is 1. The van der Waals surface area contributed by atoms with Gasteiger partial charge in [0.05, 0.1) is 35.6 Å². The van der Waals surface area contributed by atoms with Gasteiger partial charge in [-0.05, 0) is 24.3 Å². The maximum absolute atomic E-state index is 13.2. The summed E-state index contributed by atoms with van der Waals surface area (Å²) in [6, 6.07) is 10.9. The Morgan fingerprint density at radius 2 is 1.64 bits per heavy atom. The van der Waals surface area contributed by atoms with Crippen LogP contribution in [0.1, 0.15) is 0 Å². The summed E-state index contributed by atoms with van der Waals surface area (Å²) in [6.45, 7) is 0. The van der Waals surface area contributed by atoms with Crippen molar-refractivity contribution >= 4 is 32.9 Å². The highest BCUT2D eigenvalue weighted by Gasteiger charge is 2.54. The number of nitro benzene ring substituents is 1. The Hall–Kier alpha value is -3.14. The van der Waals surface area contributed by atoms with Gasteiger partial charge in [0, 0.05) is 29.6 Å². The summed E-state index contributed by atoms with van der Waals surface area (Å²) >= 11 is 0. The average Bonchev–Trinajstić information content (AvgIpc) is 3.10. The van der Waals surface area contributed by atoms with E-state index in [0.29, 0.717) is 17.1 Å². The van der Waals surface area contributed by atoms with Crippen LogP contribution in [-0.2, 0) is 9.84 Å². The molecule has 2 heterocycles. The van der Waals surface area contributed by atoms with Crippen molar-refractivity contribution in [2.45, 2.75) is 12.1 Å². The number of anilines is 2. The number of urea groups is 1. The lowest BCUT2D eigenvalue weighted by atomic mass is 10.1. The zero-order valence-corrected chi connectivity index (χ0v) is 15.7. The topological polar surface area (TPSA) is 110 Å². The van der Waals surface area contributed by atoms with Crippen LogP contribution in [0, 0.1) is 10.1 Å². The number of rotatable bonds is 4. The van der Waals surface area contributed by atoms with E-state index in [1.165, 1.54) is 41.2 Å². The second kappa shape index (κ2) is 6.48. The molecular weight excluding hydrogens is 386 g/mol. The van der Waals surface area contributed by atoms with E-state index in [0.717, 1.165) is 0 Å². The number of methoxy groups -OCH3 is 1. The minimum atomic E-state index is -3.32. The molecule has 10 heteroatoms. The first-order valence-corrected chi connectivity index (χ1v) is 10.3. The minimum absolute atomic E-state index is 0.101. The lowest BCUT2D eigenvalue weighted by Crippen LogP contribution is -2.37. The summed E-state index contributed by atoms with van der Waals surface area (Å²) in [4.78, 5) is 26.5. The number of hydrogen-bond donors (Lipinski definition) is 0. The molecule has 0 unspecified atom stereocenters. The fourth-order valence-electron chi connectivity index (χ4n) is 3.80. The van der Waals surface area contributed by atoms with E-state index in [-0.39, 0.29) is 23.2 Å². The highest BCUT2D eigenvalue weighted by atomic mass is 32.2. The molecule has 2 aliphatic heterocycles. The molecule has 2 aromatic rings. The molecule has 146 valence electrons. The molecule has 0 bridgehead atoms. The monoisotopic (exact) mass is 403 g/mol. The number of carbonyl (C=O) groups excluding carboxylic acids is 1. The third-order valence-corrected chi connectivity index (χ3v) is 6.74. The lowest BCUT2D eigenvalue weighted by Gasteiger charge is -2.23. The average molecular weight is 403 g/mol. The summed E-state index contributed by atoms with van der Waals surface area (Å²) in [5.74, 6) is 0.266. The smallest absolute Gasteiger partial charge is 0.329 e. The molecular formula is C18H17N3O6S. The standard InChI is InChI=1S/C18H17N3O6S/c1-27-15-4-2-3-14(9-15)20-17-11-28(25,26)10-16(17)19(18(20)22)12-5-7-13(8-6-12)21(23)24/h2-9,16-17H,10-11H2,1H3/t16-,17+/m1/s1. The number of nitro groups is 1. The molecule has 2 saturated heterocycles. The molecule has 2 fully saturated rings. The second-order valence-electron chi connectivity index (χ2n) is 6.71. The Kier molecular flexibility index (Phi) is 4.22. The first kappa shape index (κ1) is 18.2. The number of benzene rings is 2. The normalized spacial score (nSPS) is 23.0. The number of amides is 2. The Balaban J connectivity index is 1.77. The minimum Gasteiger partial charge on any atom is -0.497 e. The molecule has 9 nitrogen and oxygen atoms in total. The van der Waals surface area contributed by atoms with E-state index in [9.17, 15) is 23.3 Å². The van der Waals surface area contributed by atoms with Crippen molar-refractivity contribution in [3.05, 3.63) is 58.6 Å². The molecule has 2 atom stereocenters. The molecule has 0 N–H and O–H groups in total. The predicted octanol–water partition coefficient (Wildman–Crippen LogP) is 2.22. The first-order valence-electron chi connectivity index (χ1n) is 8.52. The van der Waals surface area contributed by atoms with Crippen LogP contribution in [0.2, 0.25) is 0 Å². The predicted molar refractivity (Wildman–Crippen MR) is 103 cm³/mol. The molecule has 0 radical (unpaired) electrons. The Labute approximate surface area is 161 Å². The third kappa shape index (κ3) is 2.95. The zero-order chi connectivity index (χ0) is 20.1. The van der Waals surface area contributed by atoms with Crippen LogP contribution in [0.15, 0.2) is 48.5 Å². The van der Waals surface area contributed by atoms with Gasteiger partial charge in [-0.25, -0.2) is 13.2 Å². The van der Waals surface area contributed by atoms with Crippen LogP contribution < -0.4 is 14.5 Å². The van der Waals surface area contributed by atoms with Crippen molar-refractivity contribution in [2.75, 3.05) is 28.4 Å². The van der Waals surface area contributed by atoms with E-state index < -0.39 is 26.8 Å². The van der Waals surface area contributed by atoms with E-state index in [1.807, 2.05) is 0 Å². The van der Waals surface area contributed by atoms with Gasteiger partial charge in [0.1, 0.15) is 5.75 Å². The maximum atomic E-state index is 13.2. The number of carbonyl (C=O) groups is 1. The number of fused-ring (bicyclic) bond motifs is 1. The van der Waals surface area contributed by atoms with Crippen molar-refractivity contribution in [3.8, 4) is 5.75 Å². The summed E-state index contributed by atoms with van der Waals surface area (Å²) < 4.78 is 29.8. The molecule has 4 rings (SSSR count). The van der Waals surface area contributed by atoms with Crippen LogP contribution in [0.4, 0.5) is 21.9 Å². The van der Waals surface area contributed by atoms with Gasteiger partial charge in [-0.1, -0.05) is 6.07 Å². The van der Waals surface area contributed by atoms with Gasteiger partial charge in [0.2, 0.25) is 0 Å². The largest absolute Gasteiger partial charge is 0.497 e.